The van der Waals surface area contributed by atoms with Crippen LogP contribution in [-0.2, 0) is 4.79 Å². The molecule has 1 aliphatic rings. The molecular weight excluding hydrogens is 214 g/mol. The van der Waals surface area contributed by atoms with E-state index in [2.05, 4.69) is 31.0 Å². The number of rotatable bonds is 5. The highest BCUT2D eigenvalue weighted by Crippen LogP contribution is 2.26. The normalized spacial score (nSPS) is 32.4. The van der Waals surface area contributed by atoms with E-state index in [4.69, 9.17) is 5.73 Å². The minimum Gasteiger partial charge on any atom is -0.368 e. The second-order valence-electron chi connectivity index (χ2n) is 5.59. The van der Waals surface area contributed by atoms with Crippen molar-refractivity contribution in [3.8, 4) is 0 Å². The molecule has 4 nitrogen and oxygen atoms in total. The van der Waals surface area contributed by atoms with E-state index in [9.17, 15) is 4.79 Å². The van der Waals surface area contributed by atoms with Gasteiger partial charge in [-0.15, -0.1) is 0 Å². The first-order valence-electron chi connectivity index (χ1n) is 6.66. The van der Waals surface area contributed by atoms with Gasteiger partial charge in [0.15, 0.2) is 0 Å². The maximum atomic E-state index is 11.2. The van der Waals surface area contributed by atoms with Crippen LogP contribution in [0.2, 0.25) is 0 Å². The lowest BCUT2D eigenvalue weighted by Crippen LogP contribution is -2.48. The Balaban J connectivity index is 2.46. The van der Waals surface area contributed by atoms with Crippen molar-refractivity contribution in [2.24, 2.45) is 17.6 Å². The smallest absolute Gasteiger partial charge is 0.234 e. The van der Waals surface area contributed by atoms with E-state index in [1.165, 1.54) is 6.42 Å². The zero-order chi connectivity index (χ0) is 13.0. The van der Waals surface area contributed by atoms with Crippen LogP contribution in [0, 0.1) is 11.8 Å². The van der Waals surface area contributed by atoms with Gasteiger partial charge < -0.3 is 16.0 Å². The number of piperidine rings is 1. The molecule has 0 radical (unpaired) electrons. The fraction of sp³-hybridized carbons (Fsp3) is 0.923. The van der Waals surface area contributed by atoms with Crippen molar-refractivity contribution in [1.82, 2.24) is 10.2 Å². The molecule has 100 valence electrons. The average molecular weight is 241 g/mol. The Hall–Kier alpha value is -0.610. The summed E-state index contributed by atoms with van der Waals surface area (Å²) in [4.78, 5) is 13.6. The van der Waals surface area contributed by atoms with Crippen molar-refractivity contribution in [1.29, 1.82) is 0 Å². The molecular formula is C13H27N3O. The number of hydrogen-bond donors (Lipinski definition) is 2. The highest BCUT2D eigenvalue weighted by Gasteiger charge is 2.29. The van der Waals surface area contributed by atoms with Gasteiger partial charge in [0.2, 0.25) is 5.91 Å². The predicted molar refractivity (Wildman–Crippen MR) is 70.6 cm³/mol. The lowest BCUT2D eigenvalue weighted by Gasteiger charge is -2.41. The number of nitrogens with zero attached hydrogens (tertiary/aromatic N) is 1. The molecule has 17 heavy (non-hydrogen) atoms. The molecule has 0 saturated carbocycles. The van der Waals surface area contributed by atoms with E-state index in [0.29, 0.717) is 6.04 Å². The second kappa shape index (κ2) is 6.36. The average Bonchev–Trinajstić information content (AvgIpc) is 2.25. The SMILES string of the molecule is CNC(CCN1CC(C)CC(C)C1C)C(N)=O. The molecule has 0 aromatic rings. The van der Waals surface area contributed by atoms with E-state index in [0.717, 1.165) is 31.3 Å². The van der Waals surface area contributed by atoms with Crippen LogP contribution in [0.1, 0.15) is 33.6 Å². The first-order chi connectivity index (χ1) is 7.95. The first-order valence-corrected chi connectivity index (χ1v) is 6.66. The van der Waals surface area contributed by atoms with Crippen LogP contribution < -0.4 is 11.1 Å². The van der Waals surface area contributed by atoms with Crippen LogP contribution >= 0.6 is 0 Å². The molecule has 1 rings (SSSR count). The second-order valence-corrected chi connectivity index (χ2v) is 5.59. The van der Waals surface area contributed by atoms with Crippen LogP contribution in [0.3, 0.4) is 0 Å². The summed E-state index contributed by atoms with van der Waals surface area (Å²) in [6.07, 6.45) is 2.11. The summed E-state index contributed by atoms with van der Waals surface area (Å²) >= 11 is 0. The number of nitrogens with two attached hydrogens (primary N) is 1. The molecule has 0 aromatic carbocycles. The maximum Gasteiger partial charge on any atom is 0.234 e. The lowest BCUT2D eigenvalue weighted by atomic mass is 9.86. The fourth-order valence-electron chi connectivity index (χ4n) is 2.85. The van der Waals surface area contributed by atoms with E-state index < -0.39 is 0 Å². The highest BCUT2D eigenvalue weighted by atomic mass is 16.1. The van der Waals surface area contributed by atoms with Gasteiger partial charge in [0.1, 0.15) is 0 Å². The number of hydrogen-bond acceptors (Lipinski definition) is 3. The lowest BCUT2D eigenvalue weighted by molar-refractivity contribution is -0.120. The molecule has 3 N–H and O–H groups in total. The molecule has 0 aliphatic carbocycles. The zero-order valence-corrected chi connectivity index (χ0v) is 11.6. The van der Waals surface area contributed by atoms with Crippen molar-refractivity contribution in [2.75, 3.05) is 20.1 Å². The van der Waals surface area contributed by atoms with Gasteiger partial charge >= 0.3 is 0 Å². The largest absolute Gasteiger partial charge is 0.368 e. The van der Waals surface area contributed by atoms with E-state index in [1.807, 2.05) is 0 Å². The van der Waals surface area contributed by atoms with Crippen molar-refractivity contribution < 1.29 is 4.79 Å². The van der Waals surface area contributed by atoms with Gasteiger partial charge in [-0.2, -0.15) is 0 Å². The van der Waals surface area contributed by atoms with E-state index in [-0.39, 0.29) is 11.9 Å². The number of nitrogens with one attached hydrogen (secondary N) is 1. The van der Waals surface area contributed by atoms with E-state index >= 15 is 0 Å². The Kier molecular flexibility index (Phi) is 5.40. The van der Waals surface area contributed by atoms with Gasteiger partial charge in [-0.25, -0.2) is 0 Å². The Morgan fingerprint density at radius 2 is 2.12 bits per heavy atom. The van der Waals surface area contributed by atoms with Gasteiger partial charge in [-0.3, -0.25) is 4.79 Å². The van der Waals surface area contributed by atoms with Crippen molar-refractivity contribution in [3.63, 3.8) is 0 Å². The Bertz CT molecular complexity index is 257. The van der Waals surface area contributed by atoms with Gasteiger partial charge in [0.05, 0.1) is 6.04 Å². The fourth-order valence-corrected chi connectivity index (χ4v) is 2.85. The van der Waals surface area contributed by atoms with Crippen molar-refractivity contribution in [2.45, 2.75) is 45.7 Å². The molecule has 0 aromatic heterocycles. The molecule has 1 saturated heterocycles. The topological polar surface area (TPSA) is 58.4 Å². The quantitative estimate of drug-likeness (QED) is 0.749. The summed E-state index contributed by atoms with van der Waals surface area (Å²) in [5.74, 6) is 1.24. The Morgan fingerprint density at radius 3 is 2.65 bits per heavy atom. The summed E-state index contributed by atoms with van der Waals surface area (Å²) in [7, 11) is 1.79. The number of likely N-dealkylation sites (tertiary alicyclic amines) is 1. The third kappa shape index (κ3) is 3.96. The maximum absolute atomic E-state index is 11.2. The van der Waals surface area contributed by atoms with Crippen molar-refractivity contribution >= 4 is 5.91 Å². The van der Waals surface area contributed by atoms with Gasteiger partial charge in [0, 0.05) is 19.1 Å². The third-order valence-electron chi connectivity index (χ3n) is 4.12. The summed E-state index contributed by atoms with van der Waals surface area (Å²) in [6.45, 7) is 9.00. The molecule has 0 spiro atoms. The van der Waals surface area contributed by atoms with Crippen LogP contribution in [-0.4, -0.2) is 43.0 Å². The minimum absolute atomic E-state index is 0.199. The van der Waals surface area contributed by atoms with E-state index in [1.54, 1.807) is 7.05 Å². The van der Waals surface area contributed by atoms with Crippen LogP contribution in [0.5, 0.6) is 0 Å². The van der Waals surface area contributed by atoms with Crippen molar-refractivity contribution in [3.05, 3.63) is 0 Å². The number of carbonyl (C=O) groups is 1. The standard InChI is InChI=1S/C13H27N3O/c1-9-7-10(2)11(3)16(8-9)6-5-12(15-4)13(14)17/h9-12,15H,5-8H2,1-4H3,(H2,14,17). The van der Waals surface area contributed by atoms with Crippen LogP contribution in [0.15, 0.2) is 0 Å². The van der Waals surface area contributed by atoms with Gasteiger partial charge in [-0.1, -0.05) is 13.8 Å². The molecule has 4 atom stereocenters. The number of primary amides is 1. The Labute approximate surface area is 105 Å². The zero-order valence-electron chi connectivity index (χ0n) is 11.6. The molecule has 1 fully saturated rings. The molecule has 1 amide bonds. The molecule has 4 heteroatoms. The number of amides is 1. The van der Waals surface area contributed by atoms with Crippen LogP contribution in [0.4, 0.5) is 0 Å². The summed E-state index contributed by atoms with van der Waals surface area (Å²) in [6, 6.07) is 0.409. The molecule has 1 aliphatic heterocycles. The molecule has 1 heterocycles. The predicted octanol–water partition coefficient (Wildman–Crippen LogP) is 0.816. The highest BCUT2D eigenvalue weighted by molar-refractivity contribution is 5.79. The summed E-state index contributed by atoms with van der Waals surface area (Å²) in [5, 5.41) is 2.98. The Morgan fingerprint density at radius 1 is 1.47 bits per heavy atom. The number of carbonyl (C=O) groups excluding carboxylic acids is 1. The van der Waals surface area contributed by atoms with Gasteiger partial charge in [0.25, 0.3) is 0 Å². The molecule has 4 unspecified atom stereocenters. The minimum atomic E-state index is -0.252. The monoisotopic (exact) mass is 241 g/mol. The van der Waals surface area contributed by atoms with Gasteiger partial charge in [-0.05, 0) is 38.6 Å². The summed E-state index contributed by atoms with van der Waals surface area (Å²) < 4.78 is 0. The molecule has 0 bridgehead atoms. The number of likely N-dealkylation sites (N-methyl/N-ethyl adjacent to an activating group) is 1. The first kappa shape index (κ1) is 14.5. The third-order valence-corrected chi connectivity index (χ3v) is 4.12. The summed E-state index contributed by atoms with van der Waals surface area (Å²) in [5.41, 5.74) is 5.33. The van der Waals surface area contributed by atoms with Crippen LogP contribution in [0.25, 0.3) is 0 Å².